The van der Waals surface area contributed by atoms with Crippen LogP contribution in [0.5, 0.6) is 0 Å². The lowest BCUT2D eigenvalue weighted by atomic mass is 10.3. The molecule has 4 N–H and O–H groups in total. The second kappa shape index (κ2) is 5.12. The molecule has 0 spiro atoms. The molecule has 0 heterocycles. The molecule has 0 saturated carbocycles. The van der Waals surface area contributed by atoms with Gasteiger partial charge in [0.05, 0.1) is 0 Å². The number of benzene rings is 1. The van der Waals surface area contributed by atoms with Crippen molar-refractivity contribution in [2.45, 2.75) is 12.7 Å². The van der Waals surface area contributed by atoms with E-state index in [9.17, 15) is 9.36 Å². The van der Waals surface area contributed by atoms with E-state index in [-0.39, 0.29) is 0 Å². The SMILES string of the molecule is CC(NC(=O)Nc1ccccc1)P(=O)(O)O. The molecular formula is C9H13N2O4P. The Morgan fingerprint density at radius 2 is 1.88 bits per heavy atom. The van der Waals surface area contributed by atoms with Gasteiger partial charge in [0.1, 0.15) is 5.78 Å². The van der Waals surface area contributed by atoms with Gasteiger partial charge in [0.15, 0.2) is 0 Å². The zero-order chi connectivity index (χ0) is 12.2. The number of amides is 2. The highest BCUT2D eigenvalue weighted by Crippen LogP contribution is 2.38. The van der Waals surface area contributed by atoms with E-state index in [0.29, 0.717) is 5.69 Å². The first-order chi connectivity index (χ1) is 7.39. The minimum atomic E-state index is -4.29. The van der Waals surface area contributed by atoms with Crippen LogP contribution in [0, 0.1) is 0 Å². The van der Waals surface area contributed by atoms with E-state index in [1.54, 1.807) is 30.3 Å². The van der Waals surface area contributed by atoms with Gasteiger partial charge in [-0.2, -0.15) is 0 Å². The van der Waals surface area contributed by atoms with E-state index in [0.717, 1.165) is 0 Å². The molecule has 2 amide bonds. The molecule has 1 unspecified atom stereocenters. The zero-order valence-electron chi connectivity index (χ0n) is 8.62. The second-order valence-corrected chi connectivity index (χ2v) is 5.18. The molecule has 16 heavy (non-hydrogen) atoms. The lowest BCUT2D eigenvalue weighted by molar-refractivity contribution is 0.249. The fourth-order valence-electron chi connectivity index (χ4n) is 0.962. The predicted octanol–water partition coefficient (Wildman–Crippen LogP) is 1.33. The van der Waals surface area contributed by atoms with Gasteiger partial charge in [0.25, 0.3) is 0 Å². The summed E-state index contributed by atoms with van der Waals surface area (Å²) in [5, 5.41) is 4.61. The smallest absolute Gasteiger partial charge is 0.324 e. The van der Waals surface area contributed by atoms with E-state index in [1.807, 2.05) is 0 Å². The minimum Gasteiger partial charge on any atom is -0.324 e. The molecule has 0 saturated heterocycles. The normalized spacial score (nSPS) is 12.9. The Bertz CT molecular complexity index is 403. The lowest BCUT2D eigenvalue weighted by Crippen LogP contribution is -2.35. The largest absolute Gasteiger partial charge is 0.347 e. The Labute approximate surface area is 92.8 Å². The van der Waals surface area contributed by atoms with Crippen LogP contribution in [-0.4, -0.2) is 21.6 Å². The van der Waals surface area contributed by atoms with Crippen LogP contribution < -0.4 is 10.6 Å². The molecule has 0 bridgehead atoms. The van der Waals surface area contributed by atoms with Crippen molar-refractivity contribution in [1.29, 1.82) is 0 Å². The third kappa shape index (κ3) is 4.02. The van der Waals surface area contributed by atoms with Crippen LogP contribution >= 0.6 is 7.60 Å². The summed E-state index contributed by atoms with van der Waals surface area (Å²) in [6.07, 6.45) is 0. The maximum atomic E-state index is 11.3. The summed E-state index contributed by atoms with van der Waals surface area (Å²) in [6.45, 7) is 1.24. The van der Waals surface area contributed by atoms with Gasteiger partial charge in [-0.3, -0.25) is 4.57 Å². The van der Waals surface area contributed by atoms with Crippen LogP contribution in [0.15, 0.2) is 30.3 Å². The van der Waals surface area contributed by atoms with Crippen molar-refractivity contribution in [3.8, 4) is 0 Å². The Balaban J connectivity index is 2.52. The number of anilines is 1. The molecule has 0 fully saturated rings. The van der Waals surface area contributed by atoms with E-state index < -0.39 is 19.4 Å². The van der Waals surface area contributed by atoms with Crippen molar-refractivity contribution < 1.29 is 19.1 Å². The summed E-state index contributed by atoms with van der Waals surface area (Å²) < 4.78 is 10.8. The first kappa shape index (κ1) is 12.7. The van der Waals surface area contributed by atoms with Crippen molar-refractivity contribution >= 4 is 19.3 Å². The summed E-state index contributed by atoms with van der Waals surface area (Å²) in [6, 6.07) is 7.96. The molecule has 0 aliphatic heterocycles. The summed E-state index contributed by atoms with van der Waals surface area (Å²) in [5.74, 6) is -1.21. The summed E-state index contributed by atoms with van der Waals surface area (Å²) in [5.41, 5.74) is 0.554. The van der Waals surface area contributed by atoms with Gasteiger partial charge in [-0.25, -0.2) is 4.79 Å². The van der Waals surface area contributed by atoms with Gasteiger partial charge in [-0.15, -0.1) is 0 Å². The molecule has 0 aliphatic carbocycles. The molecule has 0 aromatic heterocycles. The van der Waals surface area contributed by atoms with Crippen LogP contribution in [0.25, 0.3) is 0 Å². The van der Waals surface area contributed by atoms with Crippen molar-refractivity contribution in [3.05, 3.63) is 30.3 Å². The fraction of sp³-hybridized carbons (Fsp3) is 0.222. The highest BCUT2D eigenvalue weighted by atomic mass is 31.2. The van der Waals surface area contributed by atoms with Gasteiger partial charge in [0.2, 0.25) is 0 Å². The zero-order valence-corrected chi connectivity index (χ0v) is 9.52. The third-order valence-corrected chi connectivity index (χ3v) is 3.01. The quantitative estimate of drug-likeness (QED) is 0.603. The van der Waals surface area contributed by atoms with Gasteiger partial charge >= 0.3 is 13.6 Å². The number of nitrogens with one attached hydrogen (secondary N) is 2. The van der Waals surface area contributed by atoms with E-state index >= 15 is 0 Å². The topological polar surface area (TPSA) is 98.7 Å². The summed E-state index contributed by atoms with van der Waals surface area (Å²) in [4.78, 5) is 28.8. The molecule has 88 valence electrons. The van der Waals surface area contributed by atoms with Crippen molar-refractivity contribution in [2.75, 3.05) is 5.32 Å². The number of carbonyl (C=O) groups is 1. The Morgan fingerprint density at radius 1 is 1.31 bits per heavy atom. The molecule has 1 aromatic rings. The summed E-state index contributed by atoms with van der Waals surface area (Å²) >= 11 is 0. The molecular weight excluding hydrogens is 231 g/mol. The van der Waals surface area contributed by atoms with E-state index in [1.165, 1.54) is 6.92 Å². The number of rotatable bonds is 3. The molecule has 6 nitrogen and oxygen atoms in total. The van der Waals surface area contributed by atoms with Gasteiger partial charge in [-0.1, -0.05) is 18.2 Å². The van der Waals surface area contributed by atoms with E-state index in [2.05, 4.69) is 10.6 Å². The molecule has 0 aliphatic rings. The van der Waals surface area contributed by atoms with E-state index in [4.69, 9.17) is 9.79 Å². The monoisotopic (exact) mass is 244 g/mol. The average molecular weight is 244 g/mol. The van der Waals surface area contributed by atoms with Gasteiger partial charge in [0, 0.05) is 5.69 Å². The van der Waals surface area contributed by atoms with Crippen molar-refractivity contribution in [2.24, 2.45) is 0 Å². The van der Waals surface area contributed by atoms with Gasteiger partial charge < -0.3 is 20.4 Å². The Hall–Kier alpha value is -1.36. The van der Waals surface area contributed by atoms with Crippen LogP contribution in [-0.2, 0) is 4.57 Å². The number of urea groups is 1. The molecule has 1 aromatic carbocycles. The number of para-hydroxylation sites is 1. The first-order valence-corrected chi connectivity index (χ1v) is 6.25. The highest BCUT2D eigenvalue weighted by Gasteiger charge is 2.25. The number of carbonyl (C=O) groups excluding carboxylic acids is 1. The molecule has 1 rings (SSSR count). The highest BCUT2D eigenvalue weighted by molar-refractivity contribution is 7.52. The van der Waals surface area contributed by atoms with Crippen molar-refractivity contribution in [1.82, 2.24) is 5.32 Å². The maximum Gasteiger partial charge on any atom is 0.347 e. The standard InChI is InChI=1S/C9H13N2O4P/c1-7(16(13,14)15)10-9(12)11-8-5-3-2-4-6-8/h2-7H,1H3,(H2,10,11,12)(H2,13,14,15). The van der Waals surface area contributed by atoms with Gasteiger partial charge in [-0.05, 0) is 19.1 Å². The van der Waals surface area contributed by atoms with Crippen LogP contribution in [0.3, 0.4) is 0 Å². The first-order valence-electron chi connectivity index (χ1n) is 4.57. The Morgan fingerprint density at radius 3 is 2.38 bits per heavy atom. The third-order valence-electron chi connectivity index (χ3n) is 1.88. The molecule has 1 atom stereocenters. The minimum absolute atomic E-state index is 0.554. The van der Waals surface area contributed by atoms with Crippen LogP contribution in [0.1, 0.15) is 6.92 Å². The number of hydrogen-bond acceptors (Lipinski definition) is 2. The number of hydrogen-bond donors (Lipinski definition) is 4. The predicted molar refractivity (Wildman–Crippen MR) is 60.1 cm³/mol. The van der Waals surface area contributed by atoms with Crippen molar-refractivity contribution in [3.63, 3.8) is 0 Å². The molecule has 7 heteroatoms. The van der Waals surface area contributed by atoms with Crippen LogP contribution in [0.4, 0.5) is 10.5 Å². The fourth-order valence-corrected chi connectivity index (χ4v) is 1.25. The summed E-state index contributed by atoms with van der Waals surface area (Å²) in [7, 11) is -4.29. The average Bonchev–Trinajstić information content (AvgIpc) is 2.17. The molecule has 0 radical (unpaired) electrons. The maximum absolute atomic E-state index is 11.3. The second-order valence-electron chi connectivity index (χ2n) is 3.23. The Kier molecular flexibility index (Phi) is 4.06. The van der Waals surface area contributed by atoms with Crippen LogP contribution in [0.2, 0.25) is 0 Å². The lowest BCUT2D eigenvalue weighted by Gasteiger charge is -2.15.